The molecule has 0 radical (unpaired) electrons. The van der Waals surface area contributed by atoms with Gasteiger partial charge in [-0.25, -0.2) is 8.42 Å². The van der Waals surface area contributed by atoms with Gasteiger partial charge in [-0.3, -0.25) is 13.9 Å². The van der Waals surface area contributed by atoms with Gasteiger partial charge in [0.1, 0.15) is 12.6 Å². The first-order valence-electron chi connectivity index (χ1n) is 13.1. The summed E-state index contributed by atoms with van der Waals surface area (Å²) in [5.41, 5.74) is 2.04. The Balaban J connectivity index is 2.05. The van der Waals surface area contributed by atoms with E-state index in [1.54, 1.807) is 31.2 Å². The maximum absolute atomic E-state index is 14.1. The number of carbonyl (C=O) groups is 2. The van der Waals surface area contributed by atoms with Crippen LogP contribution in [0.15, 0.2) is 76.1 Å². The summed E-state index contributed by atoms with van der Waals surface area (Å²) < 4.78 is 40.6. The van der Waals surface area contributed by atoms with Gasteiger partial charge in [0.15, 0.2) is 11.5 Å². The Hall–Kier alpha value is -3.57. The molecule has 0 aliphatic rings. The van der Waals surface area contributed by atoms with E-state index in [1.165, 1.54) is 37.3 Å². The number of amides is 2. The highest BCUT2D eigenvalue weighted by Gasteiger charge is 2.33. The molecule has 0 heterocycles. The highest BCUT2D eigenvalue weighted by Crippen LogP contribution is 2.32. The monoisotopic (exact) mass is 645 g/mol. The van der Waals surface area contributed by atoms with Crippen molar-refractivity contribution in [3.05, 3.63) is 82.3 Å². The molecule has 3 rings (SSSR count). The maximum atomic E-state index is 14.1. The molecule has 1 N–H and O–H groups in total. The van der Waals surface area contributed by atoms with Crippen LogP contribution in [-0.2, 0) is 26.2 Å². The number of hydrogen-bond acceptors (Lipinski definition) is 6. The van der Waals surface area contributed by atoms with Gasteiger partial charge in [-0.2, -0.15) is 0 Å². The Bertz CT molecular complexity index is 1450. The quantitative estimate of drug-likeness (QED) is 0.283. The van der Waals surface area contributed by atoms with E-state index in [0.29, 0.717) is 18.0 Å². The highest BCUT2D eigenvalue weighted by molar-refractivity contribution is 9.10. The fourth-order valence-corrected chi connectivity index (χ4v) is 5.80. The topological polar surface area (TPSA) is 105 Å². The van der Waals surface area contributed by atoms with Crippen molar-refractivity contribution < 1.29 is 27.5 Å². The molecule has 2 amide bonds. The Morgan fingerprint density at radius 1 is 0.951 bits per heavy atom. The number of carbonyl (C=O) groups excluding carboxylic acids is 2. The van der Waals surface area contributed by atoms with Gasteiger partial charge in [-0.05, 0) is 62.2 Å². The molecule has 0 unspecified atom stereocenters. The molecule has 11 heteroatoms. The zero-order chi connectivity index (χ0) is 30.2. The summed E-state index contributed by atoms with van der Waals surface area (Å²) >= 11 is 3.41. The van der Waals surface area contributed by atoms with Crippen LogP contribution in [0.4, 0.5) is 5.69 Å². The van der Waals surface area contributed by atoms with E-state index < -0.39 is 28.5 Å². The minimum atomic E-state index is -4.25. The molecule has 41 heavy (non-hydrogen) atoms. The van der Waals surface area contributed by atoms with E-state index in [0.717, 1.165) is 26.3 Å². The van der Waals surface area contributed by atoms with Crippen molar-refractivity contribution in [2.75, 3.05) is 31.6 Å². The maximum Gasteiger partial charge on any atom is 0.264 e. The lowest BCUT2D eigenvalue weighted by Crippen LogP contribution is -2.51. The van der Waals surface area contributed by atoms with Crippen LogP contribution in [0, 0.1) is 6.92 Å². The molecule has 0 aliphatic carbocycles. The molecule has 1 atom stereocenters. The lowest BCUT2D eigenvalue weighted by molar-refractivity contribution is -0.139. The van der Waals surface area contributed by atoms with Crippen LogP contribution >= 0.6 is 15.9 Å². The average molecular weight is 647 g/mol. The fourth-order valence-electron chi connectivity index (χ4n) is 4.11. The van der Waals surface area contributed by atoms with Gasteiger partial charge in [0.05, 0.1) is 24.8 Å². The van der Waals surface area contributed by atoms with Crippen molar-refractivity contribution >= 4 is 43.5 Å². The number of methoxy groups -OCH3 is 2. The summed E-state index contributed by atoms with van der Waals surface area (Å²) in [5.74, 6) is -0.238. The summed E-state index contributed by atoms with van der Waals surface area (Å²) in [5, 5.41) is 2.84. The number of rotatable bonds is 13. The third-order valence-corrected chi connectivity index (χ3v) is 8.83. The summed E-state index contributed by atoms with van der Waals surface area (Å²) in [6, 6.07) is 17.7. The molecular weight excluding hydrogens is 610 g/mol. The SMILES string of the molecule is CCCNC(=O)[C@@H](C)N(Cc1ccc(Br)cc1)C(=O)CN(c1ccc(C)cc1)S(=O)(=O)c1ccc(OC)c(OC)c1. The summed E-state index contributed by atoms with van der Waals surface area (Å²) in [7, 11) is -1.37. The predicted molar refractivity (Wildman–Crippen MR) is 163 cm³/mol. The molecule has 0 aromatic heterocycles. The smallest absolute Gasteiger partial charge is 0.264 e. The molecule has 0 saturated carbocycles. The third-order valence-electron chi connectivity index (χ3n) is 6.53. The number of nitrogens with one attached hydrogen (secondary N) is 1. The molecule has 220 valence electrons. The first-order valence-corrected chi connectivity index (χ1v) is 15.4. The molecule has 9 nitrogen and oxygen atoms in total. The van der Waals surface area contributed by atoms with Crippen LogP contribution in [0.25, 0.3) is 0 Å². The number of hydrogen-bond donors (Lipinski definition) is 1. The molecule has 0 saturated heterocycles. The lowest BCUT2D eigenvalue weighted by atomic mass is 10.1. The minimum absolute atomic E-state index is 0.0725. The molecule has 3 aromatic rings. The number of sulfonamides is 1. The molecule has 0 fully saturated rings. The van der Waals surface area contributed by atoms with Gasteiger partial charge in [-0.15, -0.1) is 0 Å². The zero-order valence-electron chi connectivity index (χ0n) is 23.9. The van der Waals surface area contributed by atoms with Crippen LogP contribution in [0.1, 0.15) is 31.4 Å². The number of ether oxygens (including phenoxy) is 2. The van der Waals surface area contributed by atoms with Gasteiger partial charge in [-0.1, -0.05) is 52.7 Å². The Morgan fingerprint density at radius 3 is 2.17 bits per heavy atom. The largest absolute Gasteiger partial charge is 0.493 e. The Morgan fingerprint density at radius 2 is 1.59 bits per heavy atom. The molecule has 0 aliphatic heterocycles. The van der Waals surface area contributed by atoms with E-state index in [1.807, 2.05) is 38.1 Å². The molecule has 0 spiro atoms. The standard InChI is InChI=1S/C30H36BrN3O6S/c1-6-17-32-30(36)22(3)33(19-23-9-11-24(31)12-10-23)29(35)20-34(25-13-7-21(2)8-14-25)41(37,38)26-15-16-27(39-4)28(18-26)40-5/h7-16,18,22H,6,17,19-20H2,1-5H3,(H,32,36)/t22-/m1/s1. The predicted octanol–water partition coefficient (Wildman–Crippen LogP) is 4.91. The van der Waals surface area contributed by atoms with Crippen molar-refractivity contribution in [3.63, 3.8) is 0 Å². The van der Waals surface area contributed by atoms with Crippen molar-refractivity contribution in [2.45, 2.75) is 44.7 Å². The van der Waals surface area contributed by atoms with E-state index >= 15 is 0 Å². The van der Waals surface area contributed by atoms with Crippen LogP contribution in [0.3, 0.4) is 0 Å². The fraction of sp³-hybridized carbons (Fsp3) is 0.333. The van der Waals surface area contributed by atoms with Gasteiger partial charge in [0.25, 0.3) is 10.0 Å². The number of nitrogens with zero attached hydrogens (tertiary/aromatic N) is 2. The van der Waals surface area contributed by atoms with Crippen molar-refractivity contribution in [2.24, 2.45) is 0 Å². The van der Waals surface area contributed by atoms with Gasteiger partial charge in [0.2, 0.25) is 11.8 Å². The third kappa shape index (κ3) is 8.01. The minimum Gasteiger partial charge on any atom is -0.493 e. The normalized spacial score (nSPS) is 11.9. The summed E-state index contributed by atoms with van der Waals surface area (Å²) in [6.45, 7) is 5.52. The summed E-state index contributed by atoms with van der Waals surface area (Å²) in [6.07, 6.45) is 0.740. The lowest BCUT2D eigenvalue weighted by Gasteiger charge is -2.32. The average Bonchev–Trinajstić information content (AvgIpc) is 2.97. The van der Waals surface area contributed by atoms with E-state index in [9.17, 15) is 18.0 Å². The van der Waals surface area contributed by atoms with E-state index in [2.05, 4.69) is 21.2 Å². The second kappa shape index (κ2) is 14.4. The van der Waals surface area contributed by atoms with Crippen molar-refractivity contribution in [1.29, 1.82) is 0 Å². The van der Waals surface area contributed by atoms with Gasteiger partial charge < -0.3 is 19.7 Å². The van der Waals surface area contributed by atoms with Crippen LogP contribution in [0.2, 0.25) is 0 Å². The molecule has 0 bridgehead atoms. The van der Waals surface area contributed by atoms with Gasteiger partial charge in [0, 0.05) is 23.6 Å². The molecular formula is C30H36BrN3O6S. The van der Waals surface area contributed by atoms with Crippen molar-refractivity contribution in [3.8, 4) is 11.5 Å². The Labute approximate surface area is 250 Å². The second-order valence-corrected chi connectivity index (χ2v) is 12.3. The molecule has 3 aromatic carbocycles. The number of anilines is 1. The number of aryl methyl sites for hydroxylation is 1. The second-order valence-electron chi connectivity index (χ2n) is 9.48. The van der Waals surface area contributed by atoms with Crippen LogP contribution in [-0.4, -0.2) is 58.5 Å². The van der Waals surface area contributed by atoms with E-state index in [4.69, 9.17) is 9.47 Å². The zero-order valence-corrected chi connectivity index (χ0v) is 26.3. The first-order chi connectivity index (χ1) is 19.5. The van der Waals surface area contributed by atoms with Crippen LogP contribution < -0.4 is 19.1 Å². The Kier molecular flexibility index (Phi) is 11.2. The first kappa shape index (κ1) is 32.0. The highest BCUT2D eigenvalue weighted by atomic mass is 79.9. The van der Waals surface area contributed by atoms with E-state index in [-0.39, 0.29) is 23.1 Å². The van der Waals surface area contributed by atoms with Gasteiger partial charge >= 0.3 is 0 Å². The van der Waals surface area contributed by atoms with Crippen LogP contribution in [0.5, 0.6) is 11.5 Å². The number of halogens is 1. The van der Waals surface area contributed by atoms with Crippen molar-refractivity contribution in [1.82, 2.24) is 10.2 Å². The summed E-state index contributed by atoms with van der Waals surface area (Å²) in [4.78, 5) is 28.3. The number of benzene rings is 3.